The average Bonchev–Trinajstić information content (AvgIpc) is 2.77. The largest absolute Gasteiger partial charge is 0.480 e. The van der Waals surface area contributed by atoms with Crippen molar-refractivity contribution in [2.75, 3.05) is 6.54 Å². The molecule has 0 saturated heterocycles. The van der Waals surface area contributed by atoms with Gasteiger partial charge in [-0.3, -0.25) is 9.48 Å². The van der Waals surface area contributed by atoms with Crippen molar-refractivity contribution in [2.24, 2.45) is 0 Å². The summed E-state index contributed by atoms with van der Waals surface area (Å²) in [5, 5.41) is 15.6. The van der Waals surface area contributed by atoms with Gasteiger partial charge in [-0.15, -0.1) is 0 Å². The van der Waals surface area contributed by atoms with E-state index in [1.54, 1.807) is 13.8 Å². The number of aromatic nitrogens is 2. The van der Waals surface area contributed by atoms with Gasteiger partial charge < -0.3 is 10.4 Å². The molecule has 1 rings (SSSR count). The van der Waals surface area contributed by atoms with Crippen LogP contribution in [0.5, 0.6) is 0 Å². The highest BCUT2D eigenvalue weighted by Crippen LogP contribution is 2.28. The highest BCUT2D eigenvalue weighted by Gasteiger charge is 2.33. The lowest BCUT2D eigenvalue weighted by atomic mass is 9.96. The molecular formula is C12H18F3N3O2. The summed E-state index contributed by atoms with van der Waals surface area (Å²) in [5.41, 5.74) is -1.88. The number of rotatable bonds is 7. The molecule has 20 heavy (non-hydrogen) atoms. The van der Waals surface area contributed by atoms with E-state index in [9.17, 15) is 18.0 Å². The predicted octanol–water partition coefficient (Wildman–Crippen LogP) is 2.13. The van der Waals surface area contributed by atoms with Crippen LogP contribution in [0.4, 0.5) is 13.2 Å². The minimum atomic E-state index is -4.41. The third-order valence-corrected chi connectivity index (χ3v) is 3.06. The van der Waals surface area contributed by atoms with Crippen molar-refractivity contribution in [2.45, 2.75) is 44.9 Å². The van der Waals surface area contributed by atoms with Gasteiger partial charge in [0.1, 0.15) is 5.54 Å². The molecule has 1 heterocycles. The molecule has 114 valence electrons. The molecule has 0 spiro atoms. The van der Waals surface area contributed by atoms with E-state index in [4.69, 9.17) is 5.11 Å². The summed E-state index contributed by atoms with van der Waals surface area (Å²) in [6.45, 7) is 4.10. The zero-order valence-electron chi connectivity index (χ0n) is 11.4. The van der Waals surface area contributed by atoms with Gasteiger partial charge >= 0.3 is 12.1 Å². The summed E-state index contributed by atoms with van der Waals surface area (Å²) >= 11 is 0. The SMILES string of the molecule is CCNC(C)(CCCn1cc(C(F)(F)F)cn1)C(=O)O. The predicted molar refractivity (Wildman–Crippen MR) is 66.2 cm³/mol. The van der Waals surface area contributed by atoms with Crippen LogP contribution in [-0.2, 0) is 17.5 Å². The Kier molecular flexibility index (Phi) is 5.15. The first-order chi connectivity index (χ1) is 9.19. The fourth-order valence-corrected chi connectivity index (χ4v) is 1.89. The second-order valence-corrected chi connectivity index (χ2v) is 4.76. The molecule has 0 aromatic carbocycles. The molecule has 0 bridgehead atoms. The molecule has 1 aromatic rings. The van der Waals surface area contributed by atoms with E-state index in [1.165, 1.54) is 4.68 Å². The number of carboxylic acid groups (broad SMARTS) is 1. The topological polar surface area (TPSA) is 67.2 Å². The molecule has 8 heteroatoms. The maximum atomic E-state index is 12.4. The van der Waals surface area contributed by atoms with Gasteiger partial charge in [0.05, 0.1) is 11.8 Å². The minimum Gasteiger partial charge on any atom is -0.480 e. The smallest absolute Gasteiger partial charge is 0.419 e. The molecule has 0 radical (unpaired) electrons. The van der Waals surface area contributed by atoms with Crippen molar-refractivity contribution in [3.63, 3.8) is 0 Å². The Labute approximate surface area is 114 Å². The van der Waals surface area contributed by atoms with E-state index in [2.05, 4.69) is 10.4 Å². The molecule has 0 saturated carbocycles. The number of hydrogen-bond donors (Lipinski definition) is 2. The lowest BCUT2D eigenvalue weighted by Crippen LogP contribution is -2.49. The number of carboxylic acids is 1. The number of alkyl halides is 3. The minimum absolute atomic E-state index is 0.240. The average molecular weight is 293 g/mol. The van der Waals surface area contributed by atoms with Gasteiger partial charge in [0.15, 0.2) is 0 Å². The number of halogens is 3. The number of carbonyl (C=O) groups is 1. The van der Waals surface area contributed by atoms with Crippen LogP contribution in [0.1, 0.15) is 32.3 Å². The summed E-state index contributed by atoms with van der Waals surface area (Å²) < 4.78 is 38.3. The molecular weight excluding hydrogens is 275 g/mol. The number of hydrogen-bond acceptors (Lipinski definition) is 3. The Bertz CT molecular complexity index is 459. The normalized spacial score (nSPS) is 15.1. The molecule has 0 aliphatic rings. The van der Waals surface area contributed by atoms with E-state index in [-0.39, 0.29) is 6.54 Å². The molecule has 0 aliphatic carbocycles. The molecule has 1 aromatic heterocycles. The number of likely N-dealkylation sites (N-methyl/N-ethyl adjacent to an activating group) is 1. The summed E-state index contributed by atoms with van der Waals surface area (Å²) in [6.07, 6.45) is -2.00. The van der Waals surface area contributed by atoms with Crippen molar-refractivity contribution in [3.8, 4) is 0 Å². The summed E-state index contributed by atoms with van der Waals surface area (Å²) in [5.74, 6) is -0.976. The van der Waals surface area contributed by atoms with Crippen LogP contribution in [-0.4, -0.2) is 32.9 Å². The highest BCUT2D eigenvalue weighted by atomic mass is 19.4. The Balaban J connectivity index is 2.55. The third-order valence-electron chi connectivity index (χ3n) is 3.06. The van der Waals surface area contributed by atoms with Gasteiger partial charge in [0.2, 0.25) is 0 Å². The van der Waals surface area contributed by atoms with Crippen LogP contribution in [0, 0.1) is 0 Å². The molecule has 2 N–H and O–H groups in total. The fraction of sp³-hybridized carbons (Fsp3) is 0.667. The van der Waals surface area contributed by atoms with E-state index in [0.717, 1.165) is 12.4 Å². The van der Waals surface area contributed by atoms with Crippen molar-refractivity contribution < 1.29 is 23.1 Å². The van der Waals surface area contributed by atoms with Gasteiger partial charge in [-0.2, -0.15) is 18.3 Å². The number of aliphatic carboxylic acids is 1. The standard InChI is InChI=1S/C12H18F3N3O2/c1-3-16-11(2,10(19)20)5-4-6-18-8-9(7-17-18)12(13,14)15/h7-8,16H,3-6H2,1-2H3,(H,19,20). The maximum Gasteiger partial charge on any atom is 0.419 e. The van der Waals surface area contributed by atoms with E-state index >= 15 is 0 Å². The summed E-state index contributed by atoms with van der Waals surface area (Å²) in [6, 6.07) is 0. The summed E-state index contributed by atoms with van der Waals surface area (Å²) in [7, 11) is 0. The summed E-state index contributed by atoms with van der Waals surface area (Å²) in [4.78, 5) is 11.2. The van der Waals surface area contributed by atoms with Gasteiger partial charge in [-0.1, -0.05) is 6.92 Å². The molecule has 0 fully saturated rings. The Hall–Kier alpha value is -1.57. The van der Waals surface area contributed by atoms with Crippen LogP contribution >= 0.6 is 0 Å². The maximum absolute atomic E-state index is 12.4. The Morgan fingerprint density at radius 2 is 2.15 bits per heavy atom. The highest BCUT2D eigenvalue weighted by molar-refractivity contribution is 5.78. The first-order valence-electron chi connectivity index (χ1n) is 6.27. The first kappa shape index (κ1) is 16.5. The molecule has 1 unspecified atom stereocenters. The lowest BCUT2D eigenvalue weighted by Gasteiger charge is -2.25. The van der Waals surface area contributed by atoms with Crippen LogP contribution < -0.4 is 5.32 Å². The Morgan fingerprint density at radius 1 is 1.50 bits per heavy atom. The van der Waals surface area contributed by atoms with Crippen molar-refractivity contribution >= 4 is 5.97 Å². The van der Waals surface area contributed by atoms with Crippen LogP contribution in [0.3, 0.4) is 0 Å². The van der Waals surface area contributed by atoms with Crippen molar-refractivity contribution in [1.29, 1.82) is 0 Å². The third kappa shape index (κ3) is 4.22. The fourth-order valence-electron chi connectivity index (χ4n) is 1.89. The van der Waals surface area contributed by atoms with Crippen molar-refractivity contribution in [1.82, 2.24) is 15.1 Å². The zero-order valence-corrected chi connectivity index (χ0v) is 11.4. The zero-order chi connectivity index (χ0) is 15.4. The number of aryl methyl sites for hydroxylation is 1. The van der Waals surface area contributed by atoms with E-state index in [1.807, 2.05) is 0 Å². The van der Waals surface area contributed by atoms with Gasteiger partial charge in [-0.25, -0.2) is 0 Å². The van der Waals surface area contributed by atoms with Crippen LogP contribution in [0.25, 0.3) is 0 Å². The van der Waals surface area contributed by atoms with Gasteiger partial charge in [-0.05, 0) is 26.3 Å². The monoisotopic (exact) mass is 293 g/mol. The molecule has 1 atom stereocenters. The number of nitrogens with one attached hydrogen (secondary N) is 1. The van der Waals surface area contributed by atoms with E-state index in [0.29, 0.717) is 19.4 Å². The second kappa shape index (κ2) is 6.25. The van der Waals surface area contributed by atoms with E-state index < -0.39 is 23.2 Å². The number of nitrogens with zero attached hydrogens (tertiary/aromatic N) is 2. The first-order valence-corrected chi connectivity index (χ1v) is 6.27. The molecule has 0 amide bonds. The lowest BCUT2D eigenvalue weighted by molar-refractivity contribution is -0.144. The quantitative estimate of drug-likeness (QED) is 0.808. The molecule has 0 aliphatic heterocycles. The van der Waals surface area contributed by atoms with Crippen LogP contribution in [0.2, 0.25) is 0 Å². The van der Waals surface area contributed by atoms with Gasteiger partial charge in [0.25, 0.3) is 0 Å². The Morgan fingerprint density at radius 3 is 2.60 bits per heavy atom. The van der Waals surface area contributed by atoms with Crippen LogP contribution in [0.15, 0.2) is 12.4 Å². The molecule has 5 nitrogen and oxygen atoms in total. The van der Waals surface area contributed by atoms with Crippen molar-refractivity contribution in [3.05, 3.63) is 18.0 Å². The second-order valence-electron chi connectivity index (χ2n) is 4.76. The van der Waals surface area contributed by atoms with Gasteiger partial charge in [0, 0.05) is 12.7 Å².